The predicted octanol–water partition coefficient (Wildman–Crippen LogP) is 2.70. The highest BCUT2D eigenvalue weighted by Crippen LogP contribution is 2.38. The SMILES string of the molecule is Cc1nc(C(=O)N2C(C(=O)O)CCC3CCCCC32)cs1. The van der Waals surface area contributed by atoms with Crippen molar-refractivity contribution in [2.45, 2.75) is 57.5 Å². The monoisotopic (exact) mass is 308 g/mol. The fourth-order valence-corrected chi connectivity index (χ4v) is 4.35. The number of carbonyl (C=O) groups excluding carboxylic acids is 1. The summed E-state index contributed by atoms with van der Waals surface area (Å²) in [6.07, 6.45) is 5.77. The number of hydrogen-bond acceptors (Lipinski definition) is 4. The lowest BCUT2D eigenvalue weighted by Crippen LogP contribution is -2.57. The number of carbonyl (C=O) groups is 2. The van der Waals surface area contributed by atoms with Gasteiger partial charge in [-0.05, 0) is 38.5 Å². The van der Waals surface area contributed by atoms with Crippen LogP contribution in [-0.4, -0.2) is 39.0 Å². The van der Waals surface area contributed by atoms with Gasteiger partial charge in [-0.2, -0.15) is 0 Å². The van der Waals surface area contributed by atoms with Crippen molar-refractivity contribution in [1.82, 2.24) is 9.88 Å². The number of fused-ring (bicyclic) bond motifs is 1. The van der Waals surface area contributed by atoms with Gasteiger partial charge >= 0.3 is 5.97 Å². The van der Waals surface area contributed by atoms with Crippen LogP contribution in [0.25, 0.3) is 0 Å². The number of carboxylic acids is 1. The summed E-state index contributed by atoms with van der Waals surface area (Å²) in [5.41, 5.74) is 0.398. The predicted molar refractivity (Wildman–Crippen MR) is 79.4 cm³/mol. The second-order valence-electron chi connectivity index (χ2n) is 6.01. The van der Waals surface area contributed by atoms with E-state index >= 15 is 0 Å². The number of aliphatic carboxylic acids is 1. The minimum Gasteiger partial charge on any atom is -0.480 e. The Labute approximate surface area is 128 Å². The van der Waals surface area contributed by atoms with E-state index in [1.807, 2.05) is 6.92 Å². The van der Waals surface area contributed by atoms with Gasteiger partial charge in [-0.25, -0.2) is 9.78 Å². The van der Waals surface area contributed by atoms with Crippen molar-refractivity contribution in [3.63, 3.8) is 0 Å². The van der Waals surface area contributed by atoms with Gasteiger partial charge < -0.3 is 10.0 Å². The smallest absolute Gasteiger partial charge is 0.326 e. The molecule has 2 fully saturated rings. The van der Waals surface area contributed by atoms with E-state index in [1.165, 1.54) is 17.8 Å². The molecule has 0 bridgehead atoms. The molecule has 0 spiro atoms. The minimum atomic E-state index is -0.890. The van der Waals surface area contributed by atoms with Crippen LogP contribution in [-0.2, 0) is 4.79 Å². The maximum absolute atomic E-state index is 12.8. The Morgan fingerprint density at radius 2 is 2.05 bits per heavy atom. The molecule has 3 atom stereocenters. The van der Waals surface area contributed by atoms with Gasteiger partial charge in [0.15, 0.2) is 0 Å². The summed E-state index contributed by atoms with van der Waals surface area (Å²) in [6.45, 7) is 1.86. The van der Waals surface area contributed by atoms with E-state index in [0.717, 1.165) is 30.7 Å². The number of hydrogen-bond donors (Lipinski definition) is 1. The van der Waals surface area contributed by atoms with Crippen LogP contribution in [0.5, 0.6) is 0 Å². The van der Waals surface area contributed by atoms with Gasteiger partial charge in [-0.15, -0.1) is 11.3 Å². The van der Waals surface area contributed by atoms with Gasteiger partial charge in [0.2, 0.25) is 0 Å². The molecule has 5 nitrogen and oxygen atoms in total. The van der Waals surface area contributed by atoms with Gasteiger partial charge in [0.1, 0.15) is 11.7 Å². The third kappa shape index (κ3) is 2.69. The number of carboxylic acid groups (broad SMARTS) is 1. The zero-order chi connectivity index (χ0) is 15.0. The third-order valence-electron chi connectivity index (χ3n) is 4.73. The average Bonchev–Trinajstić information content (AvgIpc) is 2.91. The molecule has 3 rings (SSSR count). The Morgan fingerprint density at radius 3 is 2.71 bits per heavy atom. The van der Waals surface area contributed by atoms with E-state index in [0.29, 0.717) is 18.0 Å². The van der Waals surface area contributed by atoms with E-state index in [9.17, 15) is 14.7 Å². The van der Waals surface area contributed by atoms with E-state index in [4.69, 9.17) is 0 Å². The molecule has 0 aromatic carbocycles. The molecule has 1 saturated heterocycles. The number of likely N-dealkylation sites (tertiary alicyclic amines) is 1. The quantitative estimate of drug-likeness (QED) is 0.912. The molecule has 2 heterocycles. The Balaban J connectivity index is 1.92. The number of aromatic nitrogens is 1. The first-order chi connectivity index (χ1) is 10.1. The number of amides is 1. The van der Waals surface area contributed by atoms with Gasteiger partial charge in [0.25, 0.3) is 5.91 Å². The highest BCUT2D eigenvalue weighted by Gasteiger charge is 2.44. The standard InChI is InChI=1S/C15H20N2O3S/c1-9-16-11(8-21-9)14(18)17-12-5-3-2-4-10(12)6-7-13(17)15(19)20/h8,10,12-13H,2-7H2,1H3,(H,19,20). The molecule has 2 aliphatic rings. The summed E-state index contributed by atoms with van der Waals surface area (Å²) in [4.78, 5) is 30.2. The summed E-state index contributed by atoms with van der Waals surface area (Å²) in [5, 5.41) is 12.1. The van der Waals surface area contributed by atoms with Crippen molar-refractivity contribution in [2.75, 3.05) is 0 Å². The molecule has 1 aliphatic heterocycles. The number of rotatable bonds is 2. The van der Waals surface area contributed by atoms with E-state index in [2.05, 4.69) is 4.98 Å². The van der Waals surface area contributed by atoms with Crippen molar-refractivity contribution in [3.05, 3.63) is 16.1 Å². The number of aryl methyl sites for hydroxylation is 1. The van der Waals surface area contributed by atoms with Crippen LogP contribution in [0, 0.1) is 12.8 Å². The number of thiazole rings is 1. The Morgan fingerprint density at radius 1 is 1.29 bits per heavy atom. The van der Waals surface area contributed by atoms with Crippen LogP contribution in [0.2, 0.25) is 0 Å². The first-order valence-corrected chi connectivity index (χ1v) is 8.43. The maximum Gasteiger partial charge on any atom is 0.326 e. The maximum atomic E-state index is 12.8. The fraction of sp³-hybridized carbons (Fsp3) is 0.667. The van der Waals surface area contributed by atoms with Crippen molar-refractivity contribution >= 4 is 23.2 Å². The van der Waals surface area contributed by atoms with Crippen molar-refractivity contribution < 1.29 is 14.7 Å². The van der Waals surface area contributed by atoms with E-state index < -0.39 is 12.0 Å². The lowest BCUT2D eigenvalue weighted by molar-refractivity contribution is -0.146. The van der Waals surface area contributed by atoms with Gasteiger partial charge in [-0.3, -0.25) is 4.79 Å². The van der Waals surface area contributed by atoms with Crippen molar-refractivity contribution in [1.29, 1.82) is 0 Å². The van der Waals surface area contributed by atoms with Crippen LogP contribution in [0.15, 0.2) is 5.38 Å². The Bertz CT molecular complexity index is 557. The largest absolute Gasteiger partial charge is 0.480 e. The normalized spacial score (nSPS) is 29.0. The molecule has 3 unspecified atom stereocenters. The van der Waals surface area contributed by atoms with E-state index in [-0.39, 0.29) is 11.9 Å². The lowest BCUT2D eigenvalue weighted by atomic mass is 9.76. The molecule has 1 saturated carbocycles. The highest BCUT2D eigenvalue weighted by molar-refractivity contribution is 7.09. The molecule has 0 radical (unpaired) electrons. The van der Waals surface area contributed by atoms with Crippen LogP contribution in [0.4, 0.5) is 0 Å². The minimum absolute atomic E-state index is 0.0723. The molecule has 1 aromatic rings. The Hall–Kier alpha value is -1.43. The second kappa shape index (κ2) is 5.75. The summed E-state index contributed by atoms with van der Waals surface area (Å²) in [6, 6.07) is -0.623. The molecule has 21 heavy (non-hydrogen) atoms. The molecule has 114 valence electrons. The number of nitrogens with zero attached hydrogens (tertiary/aromatic N) is 2. The fourth-order valence-electron chi connectivity index (χ4n) is 3.76. The lowest BCUT2D eigenvalue weighted by Gasteiger charge is -2.46. The number of piperidine rings is 1. The third-order valence-corrected chi connectivity index (χ3v) is 5.50. The molecule has 1 aromatic heterocycles. The van der Waals surface area contributed by atoms with Gasteiger partial charge in [-0.1, -0.05) is 12.8 Å². The summed E-state index contributed by atoms with van der Waals surface area (Å²) < 4.78 is 0. The molecule has 6 heteroatoms. The van der Waals surface area contributed by atoms with E-state index in [1.54, 1.807) is 10.3 Å². The highest BCUT2D eigenvalue weighted by atomic mass is 32.1. The van der Waals surface area contributed by atoms with Crippen LogP contribution < -0.4 is 0 Å². The molecule has 1 amide bonds. The topological polar surface area (TPSA) is 70.5 Å². The van der Waals surface area contributed by atoms with Crippen LogP contribution in [0.3, 0.4) is 0 Å². The Kier molecular flexibility index (Phi) is 3.97. The summed E-state index contributed by atoms with van der Waals surface area (Å²) in [7, 11) is 0. The zero-order valence-electron chi connectivity index (χ0n) is 12.1. The van der Waals surface area contributed by atoms with Crippen LogP contribution >= 0.6 is 11.3 Å². The van der Waals surface area contributed by atoms with Crippen LogP contribution in [0.1, 0.15) is 54.0 Å². The van der Waals surface area contributed by atoms with Crippen molar-refractivity contribution in [2.24, 2.45) is 5.92 Å². The summed E-state index contributed by atoms with van der Waals surface area (Å²) >= 11 is 1.43. The summed E-state index contributed by atoms with van der Waals surface area (Å²) in [5.74, 6) is -0.638. The first kappa shape index (κ1) is 14.5. The first-order valence-electron chi connectivity index (χ1n) is 7.55. The average molecular weight is 308 g/mol. The van der Waals surface area contributed by atoms with Gasteiger partial charge in [0.05, 0.1) is 5.01 Å². The second-order valence-corrected chi connectivity index (χ2v) is 7.07. The molecule has 1 N–H and O–H groups in total. The van der Waals surface area contributed by atoms with Gasteiger partial charge in [0, 0.05) is 11.4 Å². The zero-order valence-corrected chi connectivity index (χ0v) is 12.9. The molecular weight excluding hydrogens is 288 g/mol. The van der Waals surface area contributed by atoms with Crippen molar-refractivity contribution in [3.8, 4) is 0 Å². The molecular formula is C15H20N2O3S. The molecule has 1 aliphatic carbocycles.